The fourth-order valence-corrected chi connectivity index (χ4v) is 3.14. The van der Waals surface area contributed by atoms with E-state index in [1.165, 1.54) is 0 Å². The molecule has 4 rings (SSSR count). The molecule has 2 heterocycles. The van der Waals surface area contributed by atoms with Crippen molar-refractivity contribution in [1.29, 1.82) is 0 Å². The van der Waals surface area contributed by atoms with Crippen LogP contribution >= 0.6 is 0 Å². The van der Waals surface area contributed by atoms with E-state index in [0.717, 1.165) is 17.5 Å². The van der Waals surface area contributed by atoms with Crippen LogP contribution in [0.3, 0.4) is 0 Å². The number of nitrogens with zero attached hydrogens (tertiary/aromatic N) is 3. The van der Waals surface area contributed by atoms with E-state index in [4.69, 9.17) is 11.5 Å². The van der Waals surface area contributed by atoms with Gasteiger partial charge >= 0.3 is 0 Å². The second kappa shape index (κ2) is 5.49. The zero-order valence-corrected chi connectivity index (χ0v) is 12.9. The molecule has 5 N–H and O–H groups in total. The van der Waals surface area contributed by atoms with Crippen molar-refractivity contribution in [2.24, 2.45) is 0 Å². The molecular formula is C18H17N5O. The van der Waals surface area contributed by atoms with Gasteiger partial charge in [0.05, 0.1) is 5.69 Å². The molecule has 6 nitrogen and oxygen atoms in total. The minimum absolute atomic E-state index is 0.178. The van der Waals surface area contributed by atoms with E-state index in [1.807, 2.05) is 30.3 Å². The normalized spacial score (nSPS) is 19.2. The Balaban J connectivity index is 1.68. The lowest BCUT2D eigenvalue weighted by Gasteiger charge is -2.08. The van der Waals surface area contributed by atoms with Gasteiger partial charge in [0.15, 0.2) is 0 Å². The summed E-state index contributed by atoms with van der Waals surface area (Å²) in [5.74, 6) is 1.78. The molecule has 120 valence electrons. The van der Waals surface area contributed by atoms with E-state index in [1.54, 1.807) is 18.3 Å². The summed E-state index contributed by atoms with van der Waals surface area (Å²) in [5.41, 5.74) is 15.2. The van der Waals surface area contributed by atoms with Crippen molar-refractivity contribution in [1.82, 2.24) is 15.2 Å². The lowest BCUT2D eigenvalue weighted by molar-refractivity contribution is 0.477. The Bertz CT molecular complexity index is 911. The van der Waals surface area contributed by atoms with Gasteiger partial charge in [0, 0.05) is 17.3 Å². The minimum Gasteiger partial charge on any atom is -0.507 e. The van der Waals surface area contributed by atoms with Crippen molar-refractivity contribution in [2.75, 3.05) is 11.5 Å². The number of phenols is 1. The molecule has 0 saturated heterocycles. The lowest BCUT2D eigenvalue weighted by Crippen LogP contribution is -2.01. The van der Waals surface area contributed by atoms with E-state index < -0.39 is 0 Å². The van der Waals surface area contributed by atoms with Gasteiger partial charge < -0.3 is 16.6 Å². The molecule has 1 aliphatic rings. The molecule has 1 aromatic carbocycles. The van der Waals surface area contributed by atoms with Crippen LogP contribution in [0.4, 0.5) is 11.6 Å². The maximum Gasteiger partial charge on any atom is 0.149 e. The van der Waals surface area contributed by atoms with Gasteiger partial charge in [0.25, 0.3) is 0 Å². The third-order valence-electron chi connectivity index (χ3n) is 4.46. The van der Waals surface area contributed by atoms with E-state index in [0.29, 0.717) is 28.8 Å². The standard InChI is InChI=1S/C18H17N5O/c19-17-7-10(5-6-21-17)12-8-13(12)14-9-15(22-23-18(14)20)11-3-1-2-4-16(11)24/h1-7,9,12-13,24H,8H2,(H2,19,21)(H2,20,23)/t12-,13+/m0/s1. The molecule has 0 unspecified atom stereocenters. The molecule has 0 aliphatic heterocycles. The monoisotopic (exact) mass is 319 g/mol. The summed E-state index contributed by atoms with van der Waals surface area (Å²) in [5, 5.41) is 18.2. The number of para-hydroxylation sites is 1. The summed E-state index contributed by atoms with van der Waals surface area (Å²) in [6.45, 7) is 0. The van der Waals surface area contributed by atoms with Crippen molar-refractivity contribution in [3.05, 3.63) is 59.8 Å². The lowest BCUT2D eigenvalue weighted by atomic mass is 10.0. The molecule has 2 aromatic heterocycles. The summed E-state index contributed by atoms with van der Waals surface area (Å²) in [4.78, 5) is 4.03. The van der Waals surface area contributed by atoms with Crippen LogP contribution in [0.2, 0.25) is 0 Å². The van der Waals surface area contributed by atoms with E-state index in [9.17, 15) is 5.11 Å². The molecule has 0 bridgehead atoms. The van der Waals surface area contributed by atoms with Crippen LogP contribution in [0, 0.1) is 0 Å². The second-order valence-corrected chi connectivity index (χ2v) is 6.05. The summed E-state index contributed by atoms with van der Waals surface area (Å²) in [6, 6.07) is 12.9. The molecule has 1 fully saturated rings. The van der Waals surface area contributed by atoms with Crippen LogP contribution in [0.25, 0.3) is 11.3 Å². The minimum atomic E-state index is 0.178. The number of pyridine rings is 1. The summed E-state index contributed by atoms with van der Waals surface area (Å²) >= 11 is 0. The summed E-state index contributed by atoms with van der Waals surface area (Å²) in [6.07, 6.45) is 2.71. The van der Waals surface area contributed by atoms with Gasteiger partial charge in [-0.1, -0.05) is 12.1 Å². The largest absolute Gasteiger partial charge is 0.507 e. The summed E-state index contributed by atoms with van der Waals surface area (Å²) < 4.78 is 0. The van der Waals surface area contributed by atoms with E-state index in [2.05, 4.69) is 15.2 Å². The zero-order chi connectivity index (χ0) is 16.7. The van der Waals surface area contributed by atoms with Gasteiger partial charge in [-0.2, -0.15) is 0 Å². The van der Waals surface area contributed by atoms with Crippen LogP contribution in [0.1, 0.15) is 29.4 Å². The molecule has 3 aromatic rings. The highest BCUT2D eigenvalue weighted by Gasteiger charge is 2.41. The number of nitrogens with two attached hydrogens (primary N) is 2. The number of hydrogen-bond donors (Lipinski definition) is 3. The molecule has 6 heteroatoms. The average Bonchev–Trinajstić information content (AvgIpc) is 3.36. The number of phenolic OH excluding ortho intramolecular Hbond substituents is 1. The number of aromatic hydroxyl groups is 1. The Hall–Kier alpha value is -3.15. The number of anilines is 2. The highest BCUT2D eigenvalue weighted by atomic mass is 16.3. The molecular weight excluding hydrogens is 302 g/mol. The van der Waals surface area contributed by atoms with Gasteiger partial charge in [-0.05, 0) is 54.2 Å². The quantitative estimate of drug-likeness (QED) is 0.684. The molecule has 0 amide bonds. The smallest absolute Gasteiger partial charge is 0.149 e. The van der Waals surface area contributed by atoms with Crippen molar-refractivity contribution < 1.29 is 5.11 Å². The predicted octanol–water partition coefficient (Wildman–Crippen LogP) is 2.68. The first-order chi connectivity index (χ1) is 11.6. The van der Waals surface area contributed by atoms with Crippen molar-refractivity contribution in [3.8, 4) is 17.0 Å². The van der Waals surface area contributed by atoms with Crippen LogP contribution in [-0.2, 0) is 0 Å². The first-order valence-electron chi connectivity index (χ1n) is 7.76. The fourth-order valence-electron chi connectivity index (χ4n) is 3.14. The Labute approximate surface area is 139 Å². The van der Waals surface area contributed by atoms with Crippen LogP contribution in [0.15, 0.2) is 48.7 Å². The third kappa shape index (κ3) is 2.52. The number of rotatable bonds is 3. The van der Waals surface area contributed by atoms with Crippen molar-refractivity contribution in [3.63, 3.8) is 0 Å². The van der Waals surface area contributed by atoms with Crippen LogP contribution < -0.4 is 11.5 Å². The Morgan fingerprint density at radius 1 is 1.00 bits per heavy atom. The molecule has 24 heavy (non-hydrogen) atoms. The van der Waals surface area contributed by atoms with E-state index in [-0.39, 0.29) is 11.7 Å². The van der Waals surface area contributed by atoms with Gasteiger partial charge in [-0.15, -0.1) is 10.2 Å². The average molecular weight is 319 g/mol. The maximum atomic E-state index is 10.0. The van der Waals surface area contributed by atoms with Crippen molar-refractivity contribution >= 4 is 11.6 Å². The maximum absolute atomic E-state index is 10.0. The molecule has 1 saturated carbocycles. The topological polar surface area (TPSA) is 111 Å². The summed E-state index contributed by atoms with van der Waals surface area (Å²) in [7, 11) is 0. The first kappa shape index (κ1) is 14.4. The Kier molecular flexibility index (Phi) is 3.30. The zero-order valence-electron chi connectivity index (χ0n) is 12.9. The van der Waals surface area contributed by atoms with E-state index >= 15 is 0 Å². The predicted molar refractivity (Wildman–Crippen MR) is 92.3 cm³/mol. The molecule has 0 radical (unpaired) electrons. The third-order valence-corrected chi connectivity index (χ3v) is 4.46. The van der Waals surface area contributed by atoms with Crippen LogP contribution in [-0.4, -0.2) is 20.3 Å². The SMILES string of the molecule is Nc1cc([C@@H]2C[C@H]2c2cc(-c3ccccc3O)nnc2N)ccn1. The number of benzene rings is 1. The van der Waals surface area contributed by atoms with Gasteiger partial charge in [0.2, 0.25) is 0 Å². The number of hydrogen-bond acceptors (Lipinski definition) is 6. The van der Waals surface area contributed by atoms with Crippen molar-refractivity contribution in [2.45, 2.75) is 18.3 Å². The van der Waals surface area contributed by atoms with Gasteiger partial charge in [0.1, 0.15) is 17.4 Å². The van der Waals surface area contributed by atoms with Crippen LogP contribution in [0.5, 0.6) is 5.75 Å². The first-order valence-corrected chi connectivity index (χ1v) is 7.76. The Morgan fingerprint density at radius 2 is 1.83 bits per heavy atom. The highest BCUT2D eigenvalue weighted by molar-refractivity contribution is 5.68. The number of aromatic nitrogens is 3. The molecule has 2 atom stereocenters. The second-order valence-electron chi connectivity index (χ2n) is 6.05. The molecule has 0 spiro atoms. The Morgan fingerprint density at radius 3 is 2.62 bits per heavy atom. The number of nitrogen functional groups attached to an aromatic ring is 2. The van der Waals surface area contributed by atoms with Gasteiger partial charge in [-0.3, -0.25) is 0 Å². The highest BCUT2D eigenvalue weighted by Crippen LogP contribution is 2.56. The van der Waals surface area contributed by atoms with Gasteiger partial charge in [-0.25, -0.2) is 4.98 Å². The fraction of sp³-hybridized carbons (Fsp3) is 0.167. The molecule has 1 aliphatic carbocycles.